The van der Waals surface area contributed by atoms with Crippen molar-refractivity contribution in [1.29, 1.82) is 0 Å². The molecule has 1 aromatic carbocycles. The second-order valence-corrected chi connectivity index (χ2v) is 3.79. The Morgan fingerprint density at radius 1 is 1.12 bits per heavy atom. The van der Waals surface area contributed by atoms with Crippen molar-refractivity contribution in [2.45, 2.75) is 19.9 Å². The minimum absolute atomic E-state index is 0.0535. The van der Waals surface area contributed by atoms with Gasteiger partial charge in [-0.3, -0.25) is 0 Å². The van der Waals surface area contributed by atoms with E-state index in [1.165, 1.54) is 5.56 Å². The van der Waals surface area contributed by atoms with E-state index in [9.17, 15) is 0 Å². The van der Waals surface area contributed by atoms with Crippen molar-refractivity contribution in [2.24, 2.45) is 5.73 Å². The largest absolute Gasteiger partial charge is 0.379 e. The van der Waals surface area contributed by atoms with Crippen LogP contribution in [0.25, 0.3) is 0 Å². The lowest BCUT2D eigenvalue weighted by atomic mass is 10.1. The molecule has 90 valence electrons. The zero-order chi connectivity index (χ0) is 11.8. The van der Waals surface area contributed by atoms with E-state index >= 15 is 0 Å². The van der Waals surface area contributed by atoms with E-state index in [-0.39, 0.29) is 6.04 Å². The van der Waals surface area contributed by atoms with Crippen LogP contribution >= 0.6 is 0 Å². The molecule has 2 N–H and O–H groups in total. The van der Waals surface area contributed by atoms with Crippen LogP contribution in [0.2, 0.25) is 0 Å². The summed E-state index contributed by atoms with van der Waals surface area (Å²) in [4.78, 5) is 0. The van der Waals surface area contributed by atoms with Crippen LogP contribution in [0.4, 0.5) is 0 Å². The molecule has 1 aromatic rings. The fraction of sp³-hybridized carbons (Fsp3) is 0.538. The molecule has 0 spiro atoms. The fourth-order valence-corrected chi connectivity index (χ4v) is 1.38. The monoisotopic (exact) mass is 223 g/mol. The van der Waals surface area contributed by atoms with E-state index in [1.807, 2.05) is 19.1 Å². The van der Waals surface area contributed by atoms with Crippen LogP contribution in [-0.2, 0) is 9.47 Å². The molecule has 0 amide bonds. The zero-order valence-electron chi connectivity index (χ0n) is 10.1. The van der Waals surface area contributed by atoms with Crippen molar-refractivity contribution in [2.75, 3.05) is 26.4 Å². The summed E-state index contributed by atoms with van der Waals surface area (Å²) in [6, 6.07) is 8.17. The molecule has 0 aromatic heterocycles. The number of benzene rings is 1. The van der Waals surface area contributed by atoms with E-state index in [0.29, 0.717) is 19.8 Å². The van der Waals surface area contributed by atoms with Crippen molar-refractivity contribution in [1.82, 2.24) is 0 Å². The summed E-state index contributed by atoms with van der Waals surface area (Å²) in [6.45, 7) is 6.54. The zero-order valence-corrected chi connectivity index (χ0v) is 10.1. The minimum atomic E-state index is -0.0535. The third-order valence-electron chi connectivity index (χ3n) is 2.38. The van der Waals surface area contributed by atoms with Gasteiger partial charge in [-0.15, -0.1) is 0 Å². The molecule has 16 heavy (non-hydrogen) atoms. The number of hydrogen-bond donors (Lipinski definition) is 1. The Balaban J connectivity index is 2.24. The average Bonchev–Trinajstić information content (AvgIpc) is 2.29. The van der Waals surface area contributed by atoms with Gasteiger partial charge >= 0.3 is 0 Å². The second kappa shape index (κ2) is 7.39. The lowest BCUT2D eigenvalue weighted by molar-refractivity contribution is 0.0473. The molecule has 0 heterocycles. The van der Waals surface area contributed by atoms with Gasteiger partial charge in [0.15, 0.2) is 0 Å². The summed E-state index contributed by atoms with van der Waals surface area (Å²) < 4.78 is 10.6. The van der Waals surface area contributed by atoms with Gasteiger partial charge < -0.3 is 15.2 Å². The molecular weight excluding hydrogens is 202 g/mol. The van der Waals surface area contributed by atoms with Gasteiger partial charge in [-0.05, 0) is 19.4 Å². The molecule has 0 saturated carbocycles. The molecule has 3 nitrogen and oxygen atoms in total. The highest BCUT2D eigenvalue weighted by Gasteiger charge is 2.05. The molecule has 1 rings (SSSR count). The topological polar surface area (TPSA) is 44.5 Å². The maximum Gasteiger partial charge on any atom is 0.0701 e. The summed E-state index contributed by atoms with van der Waals surface area (Å²) in [5.41, 5.74) is 8.35. The number of hydrogen-bond acceptors (Lipinski definition) is 3. The number of nitrogens with two attached hydrogens (primary N) is 1. The first-order valence-electron chi connectivity index (χ1n) is 5.71. The minimum Gasteiger partial charge on any atom is -0.379 e. The Kier molecular flexibility index (Phi) is 6.08. The maximum absolute atomic E-state index is 5.99. The van der Waals surface area contributed by atoms with Crippen LogP contribution < -0.4 is 5.73 Å². The molecule has 3 heteroatoms. The van der Waals surface area contributed by atoms with Crippen molar-refractivity contribution in [3.05, 3.63) is 35.4 Å². The van der Waals surface area contributed by atoms with E-state index < -0.39 is 0 Å². The fourth-order valence-electron chi connectivity index (χ4n) is 1.38. The molecule has 0 fully saturated rings. The van der Waals surface area contributed by atoms with Crippen molar-refractivity contribution in [3.8, 4) is 0 Å². The highest BCUT2D eigenvalue weighted by Crippen LogP contribution is 2.11. The summed E-state index contributed by atoms with van der Waals surface area (Å²) in [5.74, 6) is 0. The predicted molar refractivity (Wildman–Crippen MR) is 65.4 cm³/mol. The first kappa shape index (κ1) is 13.2. The van der Waals surface area contributed by atoms with Gasteiger partial charge in [0, 0.05) is 6.61 Å². The average molecular weight is 223 g/mol. The van der Waals surface area contributed by atoms with Gasteiger partial charge in [-0.1, -0.05) is 29.8 Å². The molecule has 1 unspecified atom stereocenters. The van der Waals surface area contributed by atoms with Crippen molar-refractivity contribution < 1.29 is 9.47 Å². The molecule has 0 saturated heterocycles. The molecule has 0 aliphatic carbocycles. The van der Waals surface area contributed by atoms with Crippen LogP contribution in [0.3, 0.4) is 0 Å². The number of rotatable bonds is 7. The normalized spacial score (nSPS) is 12.7. The van der Waals surface area contributed by atoms with Crippen LogP contribution in [0.1, 0.15) is 24.1 Å². The third kappa shape index (κ3) is 4.75. The van der Waals surface area contributed by atoms with Gasteiger partial charge in [-0.25, -0.2) is 0 Å². The van der Waals surface area contributed by atoms with Gasteiger partial charge in [0.25, 0.3) is 0 Å². The summed E-state index contributed by atoms with van der Waals surface area (Å²) in [7, 11) is 0. The number of aryl methyl sites for hydroxylation is 1. The van der Waals surface area contributed by atoms with Gasteiger partial charge in [-0.2, -0.15) is 0 Å². The van der Waals surface area contributed by atoms with Crippen LogP contribution in [0.15, 0.2) is 24.3 Å². The summed E-state index contributed by atoms with van der Waals surface area (Å²) in [6.07, 6.45) is 0. The van der Waals surface area contributed by atoms with Crippen molar-refractivity contribution >= 4 is 0 Å². The molecule has 0 aliphatic heterocycles. The summed E-state index contributed by atoms with van der Waals surface area (Å²) in [5, 5.41) is 0. The first-order valence-corrected chi connectivity index (χ1v) is 5.71. The van der Waals surface area contributed by atoms with Crippen LogP contribution in [0.5, 0.6) is 0 Å². The van der Waals surface area contributed by atoms with Gasteiger partial charge in [0.05, 0.1) is 25.9 Å². The van der Waals surface area contributed by atoms with E-state index in [4.69, 9.17) is 15.2 Å². The Hall–Kier alpha value is -0.900. The Labute approximate surface area is 97.6 Å². The second-order valence-electron chi connectivity index (χ2n) is 3.79. The Bertz CT molecular complexity index is 284. The highest BCUT2D eigenvalue weighted by molar-refractivity contribution is 5.23. The number of ether oxygens (including phenoxy) is 2. The SMILES string of the molecule is CCOCCOCC(N)c1ccc(C)cc1. The van der Waals surface area contributed by atoms with E-state index in [2.05, 4.69) is 19.1 Å². The molecule has 0 bridgehead atoms. The highest BCUT2D eigenvalue weighted by atomic mass is 16.5. The first-order chi connectivity index (χ1) is 7.74. The Morgan fingerprint density at radius 3 is 2.38 bits per heavy atom. The van der Waals surface area contributed by atoms with Crippen LogP contribution in [-0.4, -0.2) is 26.4 Å². The molecule has 0 radical (unpaired) electrons. The quantitative estimate of drug-likeness (QED) is 0.719. The molecule has 1 atom stereocenters. The van der Waals surface area contributed by atoms with Gasteiger partial charge in [0.2, 0.25) is 0 Å². The standard InChI is InChI=1S/C13H21NO2/c1-3-15-8-9-16-10-13(14)12-6-4-11(2)5-7-12/h4-7,13H,3,8-10,14H2,1-2H3. The predicted octanol–water partition coefficient (Wildman–Crippen LogP) is 2.05. The van der Waals surface area contributed by atoms with Crippen LogP contribution in [0, 0.1) is 6.92 Å². The lowest BCUT2D eigenvalue weighted by Gasteiger charge is -2.12. The lowest BCUT2D eigenvalue weighted by Crippen LogP contribution is -2.18. The smallest absolute Gasteiger partial charge is 0.0701 e. The Morgan fingerprint density at radius 2 is 1.75 bits per heavy atom. The molecular formula is C13H21NO2. The van der Waals surface area contributed by atoms with Gasteiger partial charge in [0.1, 0.15) is 0 Å². The molecule has 0 aliphatic rings. The third-order valence-corrected chi connectivity index (χ3v) is 2.38. The summed E-state index contributed by atoms with van der Waals surface area (Å²) >= 11 is 0. The van der Waals surface area contributed by atoms with E-state index in [0.717, 1.165) is 12.2 Å². The van der Waals surface area contributed by atoms with E-state index in [1.54, 1.807) is 0 Å². The maximum atomic E-state index is 5.99. The van der Waals surface area contributed by atoms with Crippen molar-refractivity contribution in [3.63, 3.8) is 0 Å².